The largest absolute Gasteiger partial charge is 0.496 e. The highest BCUT2D eigenvalue weighted by atomic mass is 79.9. The van der Waals surface area contributed by atoms with E-state index in [1.807, 2.05) is 20.8 Å². The minimum Gasteiger partial charge on any atom is -0.496 e. The summed E-state index contributed by atoms with van der Waals surface area (Å²) in [5.74, 6) is -1.19. The van der Waals surface area contributed by atoms with Crippen molar-refractivity contribution in [2.75, 3.05) is 18.0 Å². The fourth-order valence-corrected chi connectivity index (χ4v) is 6.17. The first kappa shape index (κ1) is 32.1. The third-order valence-corrected chi connectivity index (χ3v) is 9.17. The van der Waals surface area contributed by atoms with Crippen LogP contribution in [0.5, 0.6) is 5.75 Å². The highest BCUT2D eigenvalue weighted by molar-refractivity contribution is 9.10. The first-order chi connectivity index (χ1) is 19.4. The summed E-state index contributed by atoms with van der Waals surface area (Å²) >= 11 is 3.33. The van der Waals surface area contributed by atoms with Gasteiger partial charge in [0, 0.05) is 18.2 Å². The Kier molecular flexibility index (Phi) is 10.9. The summed E-state index contributed by atoms with van der Waals surface area (Å²) in [7, 11) is -2.80. The van der Waals surface area contributed by atoms with Crippen molar-refractivity contribution < 1.29 is 27.1 Å². The number of hydrogen-bond acceptors (Lipinski definition) is 5. The van der Waals surface area contributed by atoms with E-state index in [2.05, 4.69) is 21.2 Å². The van der Waals surface area contributed by atoms with Gasteiger partial charge >= 0.3 is 0 Å². The smallest absolute Gasteiger partial charge is 0.264 e. The molecule has 0 bridgehead atoms. The molecular weight excluding hydrogens is 613 g/mol. The van der Waals surface area contributed by atoms with Gasteiger partial charge in [0.1, 0.15) is 24.2 Å². The molecule has 0 saturated carbocycles. The van der Waals surface area contributed by atoms with Crippen LogP contribution in [0.25, 0.3) is 0 Å². The number of benzene rings is 3. The van der Waals surface area contributed by atoms with E-state index >= 15 is 0 Å². The molecule has 0 spiro atoms. The molecule has 0 aliphatic heterocycles. The van der Waals surface area contributed by atoms with Crippen LogP contribution in [-0.2, 0) is 26.2 Å². The molecule has 11 heteroatoms. The molecule has 2 amide bonds. The van der Waals surface area contributed by atoms with E-state index in [0.717, 1.165) is 9.87 Å². The lowest BCUT2D eigenvalue weighted by Crippen LogP contribution is -2.52. The number of hydrogen-bond donors (Lipinski definition) is 1. The molecule has 3 aromatic rings. The number of aryl methyl sites for hydroxylation is 1. The Morgan fingerprint density at radius 2 is 1.71 bits per heavy atom. The summed E-state index contributed by atoms with van der Waals surface area (Å²) in [6, 6.07) is 15.8. The lowest BCUT2D eigenvalue weighted by Gasteiger charge is -2.32. The van der Waals surface area contributed by atoms with E-state index in [-0.39, 0.29) is 28.7 Å². The van der Waals surface area contributed by atoms with Gasteiger partial charge in [0.15, 0.2) is 0 Å². The minimum atomic E-state index is -4.27. The topological polar surface area (TPSA) is 96.0 Å². The second-order valence-electron chi connectivity index (χ2n) is 9.75. The maximum Gasteiger partial charge on any atom is 0.264 e. The number of sulfonamides is 1. The third kappa shape index (κ3) is 7.85. The number of carbonyl (C=O) groups excluding carboxylic acids is 2. The van der Waals surface area contributed by atoms with Gasteiger partial charge in [-0.1, -0.05) is 42.8 Å². The van der Waals surface area contributed by atoms with E-state index in [9.17, 15) is 22.4 Å². The summed E-state index contributed by atoms with van der Waals surface area (Å²) in [6.07, 6.45) is 0.677. The molecule has 0 saturated heterocycles. The Labute approximate surface area is 249 Å². The number of nitrogens with zero attached hydrogens (tertiary/aromatic N) is 2. The molecule has 41 heavy (non-hydrogen) atoms. The van der Waals surface area contributed by atoms with Gasteiger partial charge in [-0.2, -0.15) is 0 Å². The number of ether oxygens (including phenoxy) is 1. The summed E-state index contributed by atoms with van der Waals surface area (Å²) in [5.41, 5.74) is 1.37. The molecule has 3 rings (SSSR count). The van der Waals surface area contributed by atoms with Gasteiger partial charge < -0.3 is 15.0 Å². The van der Waals surface area contributed by atoms with Crippen LogP contribution >= 0.6 is 15.9 Å². The normalized spacial score (nSPS) is 12.8. The van der Waals surface area contributed by atoms with E-state index in [1.165, 1.54) is 48.4 Å². The second-order valence-corrected chi connectivity index (χ2v) is 12.5. The van der Waals surface area contributed by atoms with Crippen molar-refractivity contribution in [3.63, 3.8) is 0 Å². The molecule has 0 radical (unpaired) electrons. The molecule has 2 unspecified atom stereocenters. The highest BCUT2D eigenvalue weighted by Gasteiger charge is 2.33. The van der Waals surface area contributed by atoms with Gasteiger partial charge in [0.25, 0.3) is 10.0 Å². The van der Waals surface area contributed by atoms with Gasteiger partial charge in [-0.3, -0.25) is 13.9 Å². The number of carbonyl (C=O) groups is 2. The van der Waals surface area contributed by atoms with Crippen LogP contribution in [0, 0.1) is 12.7 Å². The quantitative estimate of drug-likeness (QED) is 0.283. The van der Waals surface area contributed by atoms with E-state index < -0.39 is 40.2 Å². The summed E-state index contributed by atoms with van der Waals surface area (Å²) in [4.78, 5) is 28.2. The third-order valence-electron chi connectivity index (χ3n) is 6.78. The van der Waals surface area contributed by atoms with E-state index in [0.29, 0.717) is 16.6 Å². The Balaban J connectivity index is 2.06. The zero-order valence-corrected chi connectivity index (χ0v) is 26.1. The lowest BCUT2D eigenvalue weighted by molar-refractivity contribution is -0.139. The van der Waals surface area contributed by atoms with Crippen molar-refractivity contribution in [1.82, 2.24) is 10.2 Å². The zero-order valence-electron chi connectivity index (χ0n) is 23.7. The van der Waals surface area contributed by atoms with Crippen molar-refractivity contribution >= 4 is 43.5 Å². The SMILES string of the molecule is CCC(C)NC(=O)C(C)N(Cc1ccccc1F)C(=O)CN(c1ccc(C)cc1)S(=O)(=O)c1ccc(OC)c(Br)c1. The average molecular weight is 649 g/mol. The molecule has 2 atom stereocenters. The standard InChI is InChI=1S/C30H35BrFN3O5S/c1-6-21(3)33-30(37)22(4)34(18-23-9-7-8-10-27(23)32)29(36)19-35(24-13-11-20(2)12-14-24)41(38,39)25-15-16-28(40-5)26(31)17-25/h7-17,21-22H,6,18-19H2,1-5H3,(H,33,37). The predicted molar refractivity (Wildman–Crippen MR) is 161 cm³/mol. The fourth-order valence-electron chi connectivity index (χ4n) is 4.03. The van der Waals surface area contributed by atoms with Crippen LogP contribution in [0.2, 0.25) is 0 Å². The Hall–Kier alpha value is -3.44. The second kappa shape index (κ2) is 14.0. The average Bonchev–Trinajstić information content (AvgIpc) is 2.95. The van der Waals surface area contributed by atoms with Crippen LogP contribution in [0.15, 0.2) is 76.1 Å². The molecule has 0 aliphatic carbocycles. The maximum absolute atomic E-state index is 14.7. The fraction of sp³-hybridized carbons (Fsp3) is 0.333. The predicted octanol–water partition coefficient (Wildman–Crippen LogP) is 5.43. The van der Waals surface area contributed by atoms with Crippen molar-refractivity contribution in [3.05, 3.63) is 88.1 Å². The van der Waals surface area contributed by atoms with Crippen LogP contribution in [0.1, 0.15) is 38.3 Å². The van der Waals surface area contributed by atoms with Crippen LogP contribution in [0.3, 0.4) is 0 Å². The number of halogens is 2. The Morgan fingerprint density at radius 1 is 1.05 bits per heavy atom. The molecule has 220 valence electrons. The minimum absolute atomic E-state index is 0.0678. The number of anilines is 1. The number of rotatable bonds is 12. The van der Waals surface area contributed by atoms with Crippen LogP contribution in [0.4, 0.5) is 10.1 Å². The van der Waals surface area contributed by atoms with E-state index in [1.54, 1.807) is 37.3 Å². The molecule has 1 N–H and O–H groups in total. The Morgan fingerprint density at radius 3 is 2.29 bits per heavy atom. The lowest BCUT2D eigenvalue weighted by atomic mass is 10.1. The van der Waals surface area contributed by atoms with Crippen LogP contribution < -0.4 is 14.4 Å². The maximum atomic E-state index is 14.7. The van der Waals surface area contributed by atoms with Gasteiger partial charge in [-0.15, -0.1) is 0 Å². The monoisotopic (exact) mass is 647 g/mol. The number of amides is 2. The van der Waals surface area contributed by atoms with Crippen molar-refractivity contribution in [2.24, 2.45) is 0 Å². The number of methoxy groups -OCH3 is 1. The molecule has 0 aromatic heterocycles. The first-order valence-corrected chi connectivity index (χ1v) is 15.4. The Bertz CT molecular complexity index is 1480. The van der Waals surface area contributed by atoms with Gasteiger partial charge in [-0.25, -0.2) is 12.8 Å². The molecule has 8 nitrogen and oxygen atoms in total. The van der Waals surface area contributed by atoms with E-state index in [4.69, 9.17) is 4.74 Å². The first-order valence-electron chi connectivity index (χ1n) is 13.1. The highest BCUT2D eigenvalue weighted by Crippen LogP contribution is 2.31. The summed E-state index contributed by atoms with van der Waals surface area (Å²) < 4.78 is 49.3. The molecule has 0 fully saturated rings. The molecular formula is C30H35BrFN3O5S. The summed E-state index contributed by atoms with van der Waals surface area (Å²) in [6.45, 7) is 6.32. The van der Waals surface area contributed by atoms with Crippen molar-refractivity contribution in [3.8, 4) is 5.75 Å². The van der Waals surface area contributed by atoms with Crippen molar-refractivity contribution in [2.45, 2.75) is 57.6 Å². The van der Waals surface area contributed by atoms with Crippen LogP contribution in [-0.4, -0.2) is 50.9 Å². The number of nitrogens with one attached hydrogen (secondary N) is 1. The molecule has 0 aliphatic rings. The molecule has 0 heterocycles. The van der Waals surface area contributed by atoms with Gasteiger partial charge in [0.05, 0.1) is 22.2 Å². The van der Waals surface area contributed by atoms with Crippen molar-refractivity contribution in [1.29, 1.82) is 0 Å². The van der Waals surface area contributed by atoms with Gasteiger partial charge in [0.2, 0.25) is 11.8 Å². The summed E-state index contributed by atoms with van der Waals surface area (Å²) in [5, 5.41) is 2.85. The van der Waals surface area contributed by atoms with Gasteiger partial charge in [-0.05, 0) is 79.5 Å². The zero-order chi connectivity index (χ0) is 30.3. The molecule has 3 aromatic carbocycles.